The zero-order valence-corrected chi connectivity index (χ0v) is 13.8. The topological polar surface area (TPSA) is 35.6 Å². The smallest absolute Gasteiger partial charge is 0.236 e. The Morgan fingerprint density at radius 3 is 2.65 bits per heavy atom. The molecule has 0 saturated carbocycles. The monoisotopic (exact) mass is 315 g/mol. The molecule has 1 aromatic rings. The Morgan fingerprint density at radius 2 is 2.10 bits per heavy atom. The second-order valence-corrected chi connectivity index (χ2v) is 7.42. The highest BCUT2D eigenvalue weighted by molar-refractivity contribution is 7.16. The summed E-state index contributed by atoms with van der Waals surface area (Å²) in [6.07, 6.45) is 0. The van der Waals surface area contributed by atoms with Gasteiger partial charge >= 0.3 is 0 Å². The Hall–Kier alpha value is -0.620. The summed E-state index contributed by atoms with van der Waals surface area (Å²) in [4.78, 5) is 17.4. The molecule has 2 atom stereocenters. The van der Waals surface area contributed by atoms with Crippen LogP contribution in [0.3, 0.4) is 0 Å². The average molecular weight is 316 g/mol. The average Bonchev–Trinajstić information content (AvgIpc) is 2.73. The normalized spacial score (nSPS) is 23.8. The molecule has 0 radical (unpaired) electrons. The van der Waals surface area contributed by atoms with Gasteiger partial charge < -0.3 is 10.2 Å². The van der Waals surface area contributed by atoms with Crippen molar-refractivity contribution in [2.24, 2.45) is 0 Å². The lowest BCUT2D eigenvalue weighted by atomic mass is 10.1. The predicted molar refractivity (Wildman–Crippen MR) is 84.3 cm³/mol. The summed E-state index contributed by atoms with van der Waals surface area (Å²) in [7, 11) is 1.85. The maximum atomic E-state index is 12.3. The van der Waals surface area contributed by atoms with Gasteiger partial charge in [0.25, 0.3) is 0 Å². The molecule has 2 unspecified atom stereocenters. The maximum absolute atomic E-state index is 12.3. The van der Waals surface area contributed by atoms with Crippen molar-refractivity contribution in [3.05, 3.63) is 21.3 Å². The van der Waals surface area contributed by atoms with Gasteiger partial charge in [0.1, 0.15) is 0 Å². The number of carbonyl (C=O) groups is 1. The van der Waals surface area contributed by atoms with Crippen LogP contribution in [0.2, 0.25) is 4.34 Å². The third-order valence-corrected chi connectivity index (χ3v) is 4.66. The van der Waals surface area contributed by atoms with E-state index in [0.717, 1.165) is 22.3 Å². The molecule has 2 rings (SSSR count). The fourth-order valence-electron chi connectivity index (χ4n) is 2.64. The Morgan fingerprint density at radius 1 is 1.45 bits per heavy atom. The van der Waals surface area contributed by atoms with Gasteiger partial charge in [-0.05, 0) is 26.0 Å². The number of nitrogens with zero attached hydrogens (tertiary/aromatic N) is 2. The minimum Gasteiger partial charge on any atom is -0.340 e. The van der Waals surface area contributed by atoms with E-state index in [0.29, 0.717) is 25.2 Å². The van der Waals surface area contributed by atoms with E-state index in [1.807, 2.05) is 19.2 Å². The molecule has 1 N–H and O–H groups in total. The molecular formula is C14H22ClN3OS. The standard InChI is InChI=1S/C14H22ClN3OS/c1-10-6-18(7-11(2)16-10)9-14(19)17(3)8-12-4-5-13(15)20-12/h4-5,10-11,16H,6-9H2,1-3H3. The van der Waals surface area contributed by atoms with Gasteiger partial charge in [-0.3, -0.25) is 9.69 Å². The van der Waals surface area contributed by atoms with Crippen molar-refractivity contribution in [2.75, 3.05) is 26.7 Å². The van der Waals surface area contributed by atoms with Gasteiger partial charge in [-0.2, -0.15) is 0 Å². The van der Waals surface area contributed by atoms with Crippen LogP contribution in [-0.2, 0) is 11.3 Å². The van der Waals surface area contributed by atoms with Crippen LogP contribution in [0.25, 0.3) is 0 Å². The van der Waals surface area contributed by atoms with Crippen molar-refractivity contribution >= 4 is 28.8 Å². The summed E-state index contributed by atoms with van der Waals surface area (Å²) < 4.78 is 0.769. The van der Waals surface area contributed by atoms with E-state index in [4.69, 9.17) is 11.6 Å². The Kier molecular flexibility index (Phi) is 5.43. The van der Waals surface area contributed by atoms with Gasteiger partial charge in [-0.15, -0.1) is 11.3 Å². The van der Waals surface area contributed by atoms with E-state index in [1.54, 1.807) is 4.90 Å². The molecule has 1 aliphatic heterocycles. The van der Waals surface area contributed by atoms with Gasteiger partial charge in [0.2, 0.25) is 5.91 Å². The highest BCUT2D eigenvalue weighted by Crippen LogP contribution is 2.22. The number of halogens is 1. The molecule has 0 bridgehead atoms. The maximum Gasteiger partial charge on any atom is 0.236 e. The molecule has 4 nitrogen and oxygen atoms in total. The van der Waals surface area contributed by atoms with Crippen molar-refractivity contribution in [3.8, 4) is 0 Å². The third-order valence-electron chi connectivity index (χ3n) is 3.44. The number of hydrogen-bond donors (Lipinski definition) is 1. The molecule has 0 spiro atoms. The summed E-state index contributed by atoms with van der Waals surface area (Å²) in [5, 5.41) is 3.47. The molecule has 112 valence electrons. The van der Waals surface area contributed by atoms with Crippen molar-refractivity contribution in [3.63, 3.8) is 0 Å². The predicted octanol–water partition coefficient (Wildman–Crippen LogP) is 2.04. The first kappa shape index (κ1) is 15.8. The van der Waals surface area contributed by atoms with Crippen LogP contribution in [0.15, 0.2) is 12.1 Å². The van der Waals surface area contributed by atoms with Gasteiger partial charge in [0.15, 0.2) is 0 Å². The van der Waals surface area contributed by atoms with Gasteiger partial charge in [-0.1, -0.05) is 11.6 Å². The second kappa shape index (κ2) is 6.89. The lowest BCUT2D eigenvalue weighted by molar-refractivity contribution is -0.132. The van der Waals surface area contributed by atoms with Gasteiger partial charge in [-0.25, -0.2) is 0 Å². The molecular weight excluding hydrogens is 294 g/mol. The lowest BCUT2D eigenvalue weighted by Gasteiger charge is -2.36. The second-order valence-electron chi connectivity index (χ2n) is 5.62. The SMILES string of the molecule is CC1CN(CC(=O)N(C)Cc2ccc(Cl)s2)CC(C)N1. The first-order chi connectivity index (χ1) is 9.44. The zero-order chi connectivity index (χ0) is 14.7. The number of piperazine rings is 1. The molecule has 0 aliphatic carbocycles. The number of nitrogens with one attached hydrogen (secondary N) is 1. The first-order valence-corrected chi connectivity index (χ1v) is 8.10. The highest BCUT2D eigenvalue weighted by Gasteiger charge is 2.23. The summed E-state index contributed by atoms with van der Waals surface area (Å²) in [5.41, 5.74) is 0. The summed E-state index contributed by atoms with van der Waals surface area (Å²) in [5.74, 6) is 0.163. The lowest BCUT2D eigenvalue weighted by Crippen LogP contribution is -2.56. The number of carbonyl (C=O) groups excluding carboxylic acids is 1. The molecule has 1 fully saturated rings. The molecule has 2 heterocycles. The fourth-order valence-corrected chi connectivity index (χ4v) is 3.78. The molecule has 1 aromatic heterocycles. The quantitative estimate of drug-likeness (QED) is 0.923. The molecule has 1 saturated heterocycles. The number of thiophene rings is 1. The van der Waals surface area contributed by atoms with Crippen LogP contribution >= 0.6 is 22.9 Å². The molecule has 6 heteroatoms. The van der Waals surface area contributed by atoms with Crippen LogP contribution in [-0.4, -0.2) is 54.5 Å². The largest absolute Gasteiger partial charge is 0.340 e. The summed E-state index contributed by atoms with van der Waals surface area (Å²) in [6.45, 7) is 7.29. The highest BCUT2D eigenvalue weighted by atomic mass is 35.5. The molecule has 1 aliphatic rings. The minimum absolute atomic E-state index is 0.163. The Labute approximate surface area is 129 Å². The third kappa shape index (κ3) is 4.45. The van der Waals surface area contributed by atoms with Crippen LogP contribution in [0.5, 0.6) is 0 Å². The van der Waals surface area contributed by atoms with E-state index in [2.05, 4.69) is 24.1 Å². The fraction of sp³-hybridized carbons (Fsp3) is 0.643. The van der Waals surface area contributed by atoms with E-state index < -0.39 is 0 Å². The first-order valence-electron chi connectivity index (χ1n) is 6.90. The number of likely N-dealkylation sites (N-methyl/N-ethyl adjacent to an activating group) is 1. The Balaban J connectivity index is 1.84. The van der Waals surface area contributed by atoms with E-state index in [1.165, 1.54) is 11.3 Å². The van der Waals surface area contributed by atoms with Crippen LogP contribution in [0.1, 0.15) is 18.7 Å². The van der Waals surface area contributed by atoms with Crippen LogP contribution < -0.4 is 5.32 Å². The van der Waals surface area contributed by atoms with Crippen molar-refractivity contribution in [2.45, 2.75) is 32.5 Å². The van der Waals surface area contributed by atoms with Gasteiger partial charge in [0.05, 0.1) is 17.4 Å². The number of hydrogen-bond acceptors (Lipinski definition) is 4. The van der Waals surface area contributed by atoms with E-state index >= 15 is 0 Å². The zero-order valence-electron chi connectivity index (χ0n) is 12.2. The number of rotatable bonds is 4. The van der Waals surface area contributed by atoms with E-state index in [-0.39, 0.29) is 5.91 Å². The Bertz CT molecular complexity index is 455. The van der Waals surface area contributed by atoms with Crippen LogP contribution in [0.4, 0.5) is 0 Å². The van der Waals surface area contributed by atoms with Crippen LogP contribution in [0, 0.1) is 0 Å². The van der Waals surface area contributed by atoms with Crippen molar-refractivity contribution < 1.29 is 4.79 Å². The molecule has 0 aromatic carbocycles. The van der Waals surface area contributed by atoms with Crippen molar-refractivity contribution in [1.29, 1.82) is 0 Å². The van der Waals surface area contributed by atoms with Gasteiger partial charge in [0, 0.05) is 37.1 Å². The minimum atomic E-state index is 0.163. The molecule has 1 amide bonds. The molecule has 20 heavy (non-hydrogen) atoms. The van der Waals surface area contributed by atoms with Crippen molar-refractivity contribution in [1.82, 2.24) is 15.1 Å². The summed E-state index contributed by atoms with van der Waals surface area (Å²) in [6, 6.07) is 4.73. The van der Waals surface area contributed by atoms with E-state index in [9.17, 15) is 4.79 Å². The number of amides is 1. The summed E-state index contributed by atoms with van der Waals surface area (Å²) >= 11 is 7.44.